The van der Waals surface area contributed by atoms with Gasteiger partial charge in [-0.3, -0.25) is 9.20 Å². The molecule has 0 radical (unpaired) electrons. The fourth-order valence-corrected chi connectivity index (χ4v) is 2.84. The summed E-state index contributed by atoms with van der Waals surface area (Å²) in [7, 11) is 0. The lowest BCUT2D eigenvalue weighted by molar-refractivity contribution is -0.111. The van der Waals surface area contributed by atoms with Crippen LogP contribution in [0.3, 0.4) is 0 Å². The minimum absolute atomic E-state index is 0.250. The lowest BCUT2D eigenvalue weighted by atomic mass is 10.1. The number of imidazole rings is 1. The molecule has 1 aromatic carbocycles. The Hall–Kier alpha value is -2.73. The molecule has 0 spiro atoms. The second-order valence-electron chi connectivity index (χ2n) is 4.75. The Morgan fingerprint density at radius 2 is 2.09 bits per heavy atom. The number of thiazole rings is 1. The van der Waals surface area contributed by atoms with Crippen molar-refractivity contribution in [3.8, 4) is 11.3 Å². The first kappa shape index (κ1) is 15.2. The van der Waals surface area contributed by atoms with Crippen molar-refractivity contribution in [2.45, 2.75) is 6.92 Å². The quantitative estimate of drug-likeness (QED) is 0.574. The zero-order chi connectivity index (χ0) is 16.2. The van der Waals surface area contributed by atoms with E-state index in [0.29, 0.717) is 11.5 Å². The maximum Gasteiger partial charge on any atom is 0.249 e. The van der Waals surface area contributed by atoms with Crippen LogP contribution in [0.25, 0.3) is 16.2 Å². The maximum atomic E-state index is 13.1. The fraction of sp³-hybridized carbons (Fsp3) is 0.0588. The highest BCUT2D eigenvalue weighted by Gasteiger charge is 2.16. The van der Waals surface area contributed by atoms with Gasteiger partial charge in [-0.1, -0.05) is 18.2 Å². The number of amides is 1. The normalized spacial score (nSPS) is 11.7. The van der Waals surface area contributed by atoms with Crippen molar-refractivity contribution < 1.29 is 9.18 Å². The van der Waals surface area contributed by atoms with Crippen LogP contribution in [0.15, 0.2) is 60.1 Å². The van der Waals surface area contributed by atoms with Gasteiger partial charge in [0.15, 0.2) is 4.96 Å². The summed E-state index contributed by atoms with van der Waals surface area (Å²) in [4.78, 5) is 17.3. The van der Waals surface area contributed by atoms with E-state index >= 15 is 0 Å². The molecular formula is C17H14FN3OS. The van der Waals surface area contributed by atoms with E-state index in [1.807, 2.05) is 29.0 Å². The van der Waals surface area contributed by atoms with Crippen LogP contribution in [0.4, 0.5) is 10.2 Å². The van der Waals surface area contributed by atoms with Gasteiger partial charge in [0.25, 0.3) is 0 Å². The largest absolute Gasteiger partial charge is 0.306 e. The zero-order valence-corrected chi connectivity index (χ0v) is 13.2. The van der Waals surface area contributed by atoms with E-state index in [-0.39, 0.29) is 11.7 Å². The second-order valence-corrected chi connectivity index (χ2v) is 5.62. The van der Waals surface area contributed by atoms with Crippen molar-refractivity contribution in [1.82, 2.24) is 9.38 Å². The number of nitrogens with zero attached hydrogens (tertiary/aromatic N) is 2. The van der Waals surface area contributed by atoms with Crippen LogP contribution < -0.4 is 5.32 Å². The van der Waals surface area contributed by atoms with E-state index in [4.69, 9.17) is 0 Å². The van der Waals surface area contributed by atoms with Gasteiger partial charge in [-0.2, -0.15) is 0 Å². The van der Waals surface area contributed by atoms with Gasteiger partial charge >= 0.3 is 0 Å². The Morgan fingerprint density at radius 1 is 1.30 bits per heavy atom. The lowest BCUT2D eigenvalue weighted by Gasteiger charge is -2.05. The van der Waals surface area contributed by atoms with Gasteiger partial charge in [0.2, 0.25) is 5.91 Å². The first-order valence-electron chi connectivity index (χ1n) is 7.01. The summed E-state index contributed by atoms with van der Waals surface area (Å²) < 4.78 is 14.9. The van der Waals surface area contributed by atoms with Crippen LogP contribution in [0.2, 0.25) is 0 Å². The molecule has 0 fully saturated rings. The summed E-state index contributed by atoms with van der Waals surface area (Å²) in [6.45, 7) is 1.88. The summed E-state index contributed by atoms with van der Waals surface area (Å²) in [6.07, 6.45) is 8.56. The maximum absolute atomic E-state index is 13.1. The highest BCUT2D eigenvalue weighted by atomic mass is 32.1. The van der Waals surface area contributed by atoms with Gasteiger partial charge in [0, 0.05) is 23.2 Å². The predicted octanol–water partition coefficient (Wildman–Crippen LogP) is 4.27. The minimum Gasteiger partial charge on any atom is -0.306 e. The van der Waals surface area contributed by atoms with Crippen molar-refractivity contribution >= 4 is 28.0 Å². The summed E-state index contributed by atoms with van der Waals surface area (Å²) in [5.41, 5.74) is 1.36. The molecule has 2 heterocycles. The van der Waals surface area contributed by atoms with E-state index in [2.05, 4.69) is 10.3 Å². The van der Waals surface area contributed by atoms with Crippen LogP contribution in [-0.2, 0) is 4.79 Å². The van der Waals surface area contributed by atoms with Crippen molar-refractivity contribution in [2.75, 3.05) is 5.32 Å². The molecule has 1 N–H and O–H groups in total. The van der Waals surface area contributed by atoms with E-state index in [1.54, 1.807) is 24.3 Å². The molecular weight excluding hydrogens is 313 g/mol. The number of rotatable bonds is 4. The molecule has 3 aromatic rings. The summed E-state index contributed by atoms with van der Waals surface area (Å²) >= 11 is 1.47. The van der Waals surface area contributed by atoms with E-state index in [0.717, 1.165) is 10.5 Å². The molecule has 4 nitrogen and oxygen atoms in total. The predicted molar refractivity (Wildman–Crippen MR) is 91.0 cm³/mol. The van der Waals surface area contributed by atoms with Crippen LogP contribution in [0, 0.1) is 5.82 Å². The number of allylic oxidation sites excluding steroid dienone is 3. The molecule has 0 bridgehead atoms. The fourth-order valence-electron chi connectivity index (χ4n) is 2.13. The molecule has 3 rings (SSSR count). The number of hydrogen-bond acceptors (Lipinski definition) is 3. The van der Waals surface area contributed by atoms with Gasteiger partial charge < -0.3 is 5.32 Å². The number of anilines is 1. The molecule has 116 valence electrons. The van der Waals surface area contributed by atoms with Gasteiger partial charge in [0.1, 0.15) is 17.3 Å². The number of nitrogens with one attached hydrogen (secondary N) is 1. The van der Waals surface area contributed by atoms with Crippen LogP contribution >= 0.6 is 11.3 Å². The van der Waals surface area contributed by atoms with Crippen molar-refractivity contribution in [2.24, 2.45) is 0 Å². The number of aromatic nitrogens is 2. The molecule has 0 saturated carbocycles. The molecule has 23 heavy (non-hydrogen) atoms. The number of carbonyl (C=O) groups excluding carboxylic acids is 1. The Labute approximate surface area is 136 Å². The highest BCUT2D eigenvalue weighted by molar-refractivity contribution is 7.15. The third kappa shape index (κ3) is 3.22. The van der Waals surface area contributed by atoms with Gasteiger partial charge in [-0.05, 0) is 31.2 Å². The van der Waals surface area contributed by atoms with Crippen molar-refractivity contribution in [1.29, 1.82) is 0 Å². The lowest BCUT2D eigenvalue weighted by Crippen LogP contribution is -2.10. The zero-order valence-electron chi connectivity index (χ0n) is 12.4. The second kappa shape index (κ2) is 6.58. The van der Waals surface area contributed by atoms with Gasteiger partial charge in [-0.25, -0.2) is 9.37 Å². The van der Waals surface area contributed by atoms with Gasteiger partial charge in [-0.15, -0.1) is 11.3 Å². The molecule has 1 amide bonds. The molecule has 2 aromatic heterocycles. The Kier molecular flexibility index (Phi) is 4.34. The van der Waals surface area contributed by atoms with E-state index in [9.17, 15) is 9.18 Å². The van der Waals surface area contributed by atoms with Crippen molar-refractivity contribution in [3.05, 3.63) is 66.0 Å². The first-order valence-corrected chi connectivity index (χ1v) is 7.89. The Morgan fingerprint density at radius 3 is 2.83 bits per heavy atom. The number of carbonyl (C=O) groups is 1. The van der Waals surface area contributed by atoms with Crippen LogP contribution in [-0.4, -0.2) is 15.3 Å². The first-order chi connectivity index (χ1) is 11.2. The third-order valence-corrected chi connectivity index (χ3v) is 3.93. The summed E-state index contributed by atoms with van der Waals surface area (Å²) in [5, 5.41) is 4.74. The SMILES string of the molecule is CC=CC=CC(=O)Nc1c(-c2ccc(F)cc2)nc2sccn12. The van der Waals surface area contributed by atoms with Crippen LogP contribution in [0.1, 0.15) is 6.92 Å². The molecule has 6 heteroatoms. The van der Waals surface area contributed by atoms with Crippen LogP contribution in [0.5, 0.6) is 0 Å². The van der Waals surface area contributed by atoms with E-state index < -0.39 is 0 Å². The molecule has 0 saturated heterocycles. The highest BCUT2D eigenvalue weighted by Crippen LogP contribution is 2.30. The molecule has 0 aliphatic rings. The third-order valence-electron chi connectivity index (χ3n) is 3.17. The molecule has 0 unspecified atom stereocenters. The van der Waals surface area contributed by atoms with E-state index in [1.165, 1.54) is 29.5 Å². The smallest absolute Gasteiger partial charge is 0.249 e. The number of benzene rings is 1. The number of halogens is 1. The number of fused-ring (bicyclic) bond motifs is 1. The standard InChI is InChI=1S/C17H14FN3OS/c1-2-3-4-5-14(22)19-16-15(12-6-8-13(18)9-7-12)20-17-21(16)10-11-23-17/h2-11H,1H3,(H,19,22). The number of hydrogen-bond donors (Lipinski definition) is 1. The topological polar surface area (TPSA) is 46.4 Å². The summed E-state index contributed by atoms with van der Waals surface area (Å²) in [5.74, 6) is 0.0112. The summed E-state index contributed by atoms with van der Waals surface area (Å²) in [6, 6.07) is 6.04. The average Bonchev–Trinajstić information content (AvgIpc) is 3.11. The Bertz CT molecular complexity index is 890. The molecule has 0 aliphatic heterocycles. The minimum atomic E-state index is -0.311. The molecule has 0 aliphatic carbocycles. The van der Waals surface area contributed by atoms with Gasteiger partial charge in [0.05, 0.1) is 0 Å². The monoisotopic (exact) mass is 327 g/mol. The van der Waals surface area contributed by atoms with Crippen molar-refractivity contribution in [3.63, 3.8) is 0 Å². The average molecular weight is 327 g/mol. The molecule has 0 atom stereocenters. The Balaban J connectivity index is 2.00.